The van der Waals surface area contributed by atoms with Crippen LogP contribution in [0.3, 0.4) is 0 Å². The average molecular weight is 295 g/mol. The molecule has 1 aromatic rings. The van der Waals surface area contributed by atoms with Crippen molar-refractivity contribution in [3.63, 3.8) is 0 Å². The highest BCUT2D eigenvalue weighted by Crippen LogP contribution is 2.11. The average Bonchev–Trinajstić information content (AvgIpc) is 2.89. The molecule has 0 aliphatic carbocycles. The van der Waals surface area contributed by atoms with Crippen LogP contribution in [-0.2, 0) is 11.3 Å². The normalized spacial score (nSPS) is 18.4. The number of hydrogen-bond acceptors (Lipinski definition) is 3. The first-order chi connectivity index (χ1) is 8.63. The van der Waals surface area contributed by atoms with E-state index in [9.17, 15) is 13.6 Å². The number of halogens is 3. The van der Waals surface area contributed by atoms with Crippen LogP contribution in [0.2, 0.25) is 0 Å². The molecule has 108 valence electrons. The second-order valence-corrected chi connectivity index (χ2v) is 4.39. The molecule has 1 amide bonds. The first-order valence-electron chi connectivity index (χ1n) is 5.97. The van der Waals surface area contributed by atoms with Crippen LogP contribution in [0.15, 0.2) is 12.4 Å². The number of rotatable bonds is 5. The Hall–Kier alpha value is -1.21. The topological polar surface area (TPSA) is 59.0 Å². The smallest absolute Gasteiger partial charge is 0.257 e. The van der Waals surface area contributed by atoms with Gasteiger partial charge in [-0.1, -0.05) is 0 Å². The molecule has 1 aromatic heterocycles. The molecule has 2 heterocycles. The minimum absolute atomic E-state index is 0. The highest BCUT2D eigenvalue weighted by Gasteiger charge is 2.18. The van der Waals surface area contributed by atoms with Crippen molar-refractivity contribution in [1.29, 1.82) is 0 Å². The first-order valence-corrected chi connectivity index (χ1v) is 5.97. The molecule has 0 radical (unpaired) electrons. The molecule has 5 nitrogen and oxygen atoms in total. The zero-order chi connectivity index (χ0) is 13.0. The molecule has 1 aliphatic heterocycles. The van der Waals surface area contributed by atoms with Gasteiger partial charge >= 0.3 is 0 Å². The van der Waals surface area contributed by atoms with Gasteiger partial charge in [-0.3, -0.25) is 9.48 Å². The van der Waals surface area contributed by atoms with E-state index in [0.717, 1.165) is 24.1 Å². The van der Waals surface area contributed by atoms with E-state index in [1.807, 2.05) is 0 Å². The molecule has 0 spiro atoms. The van der Waals surface area contributed by atoms with Gasteiger partial charge in [0.15, 0.2) is 0 Å². The molecule has 1 aliphatic rings. The van der Waals surface area contributed by atoms with E-state index < -0.39 is 13.0 Å². The number of hydrogen-bond donors (Lipinski definition) is 2. The number of carbonyl (C=O) groups is 1. The molecule has 1 saturated heterocycles. The van der Waals surface area contributed by atoms with Gasteiger partial charge < -0.3 is 10.6 Å². The first kappa shape index (κ1) is 15.8. The van der Waals surface area contributed by atoms with Crippen molar-refractivity contribution < 1.29 is 13.6 Å². The zero-order valence-corrected chi connectivity index (χ0v) is 11.1. The molecule has 1 unspecified atom stereocenters. The van der Waals surface area contributed by atoms with Crippen LogP contribution in [-0.4, -0.2) is 34.7 Å². The van der Waals surface area contributed by atoms with Crippen molar-refractivity contribution in [2.45, 2.75) is 38.3 Å². The predicted octanol–water partition coefficient (Wildman–Crippen LogP) is 1.65. The van der Waals surface area contributed by atoms with E-state index in [1.54, 1.807) is 0 Å². The summed E-state index contributed by atoms with van der Waals surface area (Å²) in [7, 11) is 0. The summed E-state index contributed by atoms with van der Waals surface area (Å²) in [6, 6.07) is 0.223. The van der Waals surface area contributed by atoms with E-state index in [-0.39, 0.29) is 24.4 Å². The van der Waals surface area contributed by atoms with Crippen molar-refractivity contribution in [1.82, 2.24) is 15.1 Å². The number of nitrogens with one attached hydrogen (secondary N) is 2. The third kappa shape index (κ3) is 5.12. The van der Waals surface area contributed by atoms with Gasteiger partial charge in [0.2, 0.25) is 5.91 Å². The van der Waals surface area contributed by atoms with E-state index in [1.165, 1.54) is 12.4 Å². The number of alkyl halides is 2. The lowest BCUT2D eigenvalue weighted by atomic mass is 10.1. The summed E-state index contributed by atoms with van der Waals surface area (Å²) in [4.78, 5) is 11.7. The Labute approximate surface area is 116 Å². The lowest BCUT2D eigenvalue weighted by molar-refractivity contribution is -0.116. The van der Waals surface area contributed by atoms with Crippen molar-refractivity contribution in [2.75, 3.05) is 11.9 Å². The third-order valence-corrected chi connectivity index (χ3v) is 2.84. The van der Waals surface area contributed by atoms with Crippen LogP contribution < -0.4 is 10.6 Å². The van der Waals surface area contributed by atoms with Crippen LogP contribution in [0.1, 0.15) is 19.3 Å². The van der Waals surface area contributed by atoms with Gasteiger partial charge in [-0.2, -0.15) is 5.10 Å². The number of nitrogens with zero attached hydrogens (tertiary/aromatic N) is 2. The molecule has 1 fully saturated rings. The largest absolute Gasteiger partial charge is 0.323 e. The summed E-state index contributed by atoms with van der Waals surface area (Å²) in [5, 5.41) is 9.63. The number of amides is 1. The monoisotopic (exact) mass is 294 g/mol. The summed E-state index contributed by atoms with van der Waals surface area (Å²) in [6.45, 7) is 0.490. The Morgan fingerprint density at radius 3 is 3.05 bits per heavy atom. The predicted molar refractivity (Wildman–Crippen MR) is 69.8 cm³/mol. The fourth-order valence-corrected chi connectivity index (χ4v) is 2.04. The van der Waals surface area contributed by atoms with Crippen molar-refractivity contribution in [3.05, 3.63) is 12.4 Å². The van der Waals surface area contributed by atoms with E-state index >= 15 is 0 Å². The fourth-order valence-electron chi connectivity index (χ4n) is 2.04. The Kier molecular flexibility index (Phi) is 6.17. The molecule has 19 heavy (non-hydrogen) atoms. The van der Waals surface area contributed by atoms with Crippen LogP contribution in [0.5, 0.6) is 0 Å². The van der Waals surface area contributed by atoms with Gasteiger partial charge in [-0.25, -0.2) is 8.78 Å². The second kappa shape index (κ2) is 7.40. The summed E-state index contributed by atoms with van der Waals surface area (Å²) in [5.41, 5.74) is 0.457. The summed E-state index contributed by atoms with van der Waals surface area (Å²) < 4.78 is 25.3. The lowest BCUT2D eigenvalue weighted by Crippen LogP contribution is -2.27. The summed E-state index contributed by atoms with van der Waals surface area (Å²) in [5.74, 6) is -0.119. The Morgan fingerprint density at radius 1 is 1.63 bits per heavy atom. The molecule has 0 bridgehead atoms. The van der Waals surface area contributed by atoms with Crippen molar-refractivity contribution >= 4 is 24.0 Å². The van der Waals surface area contributed by atoms with E-state index in [2.05, 4.69) is 15.7 Å². The molecule has 2 rings (SSSR count). The summed E-state index contributed by atoms with van der Waals surface area (Å²) >= 11 is 0. The molecular weight excluding hydrogens is 278 g/mol. The van der Waals surface area contributed by atoms with Gasteiger partial charge in [0.05, 0.1) is 11.9 Å². The van der Waals surface area contributed by atoms with Crippen LogP contribution in [0.4, 0.5) is 14.5 Å². The molecule has 0 saturated carbocycles. The van der Waals surface area contributed by atoms with Gasteiger partial charge in [0, 0.05) is 18.7 Å². The lowest BCUT2D eigenvalue weighted by Gasteiger charge is -2.08. The van der Waals surface area contributed by atoms with E-state index in [4.69, 9.17) is 0 Å². The zero-order valence-electron chi connectivity index (χ0n) is 10.3. The maximum absolute atomic E-state index is 12.1. The Balaban J connectivity index is 0.00000180. The second-order valence-electron chi connectivity index (χ2n) is 4.39. The van der Waals surface area contributed by atoms with Crippen molar-refractivity contribution in [3.8, 4) is 0 Å². The van der Waals surface area contributed by atoms with Gasteiger partial charge in [0.25, 0.3) is 6.43 Å². The quantitative estimate of drug-likeness (QED) is 0.868. The van der Waals surface area contributed by atoms with Crippen LogP contribution >= 0.6 is 12.4 Å². The minimum Gasteiger partial charge on any atom is -0.323 e. The minimum atomic E-state index is -2.45. The van der Waals surface area contributed by atoms with E-state index in [0.29, 0.717) is 12.1 Å². The third-order valence-electron chi connectivity index (χ3n) is 2.84. The summed E-state index contributed by atoms with van der Waals surface area (Å²) in [6.07, 6.45) is 2.83. The Morgan fingerprint density at radius 2 is 2.42 bits per heavy atom. The maximum Gasteiger partial charge on any atom is 0.257 e. The highest BCUT2D eigenvalue weighted by molar-refractivity contribution is 5.90. The van der Waals surface area contributed by atoms with Crippen molar-refractivity contribution in [2.24, 2.45) is 0 Å². The number of anilines is 1. The van der Waals surface area contributed by atoms with Crippen LogP contribution in [0, 0.1) is 0 Å². The molecule has 0 aromatic carbocycles. The van der Waals surface area contributed by atoms with Gasteiger partial charge in [0.1, 0.15) is 6.54 Å². The maximum atomic E-state index is 12.1. The number of carbonyl (C=O) groups excluding carboxylic acids is 1. The molecule has 8 heteroatoms. The molecule has 1 atom stereocenters. The van der Waals surface area contributed by atoms with Gasteiger partial charge in [-0.15, -0.1) is 12.4 Å². The Bertz CT molecular complexity index is 407. The standard InChI is InChI=1S/C11H16F2N4O.ClH/c12-10(13)7-17-6-9(5-15-17)16-11(18)4-8-2-1-3-14-8;/h5-6,8,10,14H,1-4,7H2,(H,16,18);1H. The fraction of sp³-hybridized carbons (Fsp3) is 0.636. The van der Waals surface area contributed by atoms with Gasteiger partial charge in [-0.05, 0) is 19.4 Å². The highest BCUT2D eigenvalue weighted by atomic mass is 35.5. The number of aromatic nitrogens is 2. The SMILES string of the molecule is Cl.O=C(CC1CCCN1)Nc1cnn(CC(F)F)c1. The van der Waals surface area contributed by atoms with Crippen LogP contribution in [0.25, 0.3) is 0 Å². The molecular formula is C11H17ClF2N4O. The molecule has 2 N–H and O–H groups in total.